The van der Waals surface area contributed by atoms with Gasteiger partial charge in [-0.15, -0.1) is 0 Å². The maximum Gasteiger partial charge on any atom is 0.325 e. The molecule has 1 aliphatic rings. The Bertz CT molecular complexity index is 271. The van der Waals surface area contributed by atoms with Crippen LogP contribution in [0.5, 0.6) is 0 Å². The second-order valence-corrected chi connectivity index (χ2v) is 5.78. The average molecular weight is 273 g/mol. The maximum atomic E-state index is 11.7. The van der Waals surface area contributed by atoms with Crippen LogP contribution in [0.4, 0.5) is 0 Å². The van der Waals surface area contributed by atoms with E-state index in [1.165, 1.54) is 0 Å². The fourth-order valence-corrected chi connectivity index (χ4v) is 1.57. The van der Waals surface area contributed by atoms with Crippen molar-refractivity contribution >= 4 is 5.97 Å². The van der Waals surface area contributed by atoms with Crippen molar-refractivity contribution in [2.24, 2.45) is 0 Å². The van der Waals surface area contributed by atoms with Crippen LogP contribution in [0.1, 0.15) is 40.5 Å². The highest BCUT2D eigenvalue weighted by Crippen LogP contribution is 2.19. The first-order chi connectivity index (χ1) is 8.92. The summed E-state index contributed by atoms with van der Waals surface area (Å²) < 4.78 is 16.1. The number of carbonyl (C=O) groups is 1. The largest absolute Gasteiger partial charge is 0.465 e. The van der Waals surface area contributed by atoms with Crippen LogP contribution in [-0.2, 0) is 19.0 Å². The molecule has 5 nitrogen and oxygen atoms in total. The lowest BCUT2D eigenvalue weighted by Gasteiger charge is -2.20. The van der Waals surface area contributed by atoms with Crippen LogP contribution in [0, 0.1) is 0 Å². The topological polar surface area (TPSA) is 56.8 Å². The van der Waals surface area contributed by atoms with Gasteiger partial charge in [-0.05, 0) is 40.5 Å². The molecule has 0 saturated heterocycles. The monoisotopic (exact) mass is 273 g/mol. The summed E-state index contributed by atoms with van der Waals surface area (Å²) in [6, 6.07) is 0.0888. The van der Waals surface area contributed by atoms with Gasteiger partial charge >= 0.3 is 5.97 Å². The second-order valence-electron chi connectivity index (χ2n) is 5.78. The van der Waals surface area contributed by atoms with Gasteiger partial charge in [0.15, 0.2) is 0 Å². The molecule has 5 heteroatoms. The highest BCUT2D eigenvalue weighted by Gasteiger charge is 2.29. The Labute approximate surface area is 116 Å². The summed E-state index contributed by atoms with van der Waals surface area (Å²) in [4.78, 5) is 11.7. The smallest absolute Gasteiger partial charge is 0.325 e. The molecule has 0 aliphatic heterocycles. The predicted molar refractivity (Wildman–Crippen MR) is 73.1 cm³/mol. The Hall–Kier alpha value is -0.650. The first-order valence-electron chi connectivity index (χ1n) is 7.06. The summed E-state index contributed by atoms with van der Waals surface area (Å²) in [5.74, 6) is -0.230. The summed E-state index contributed by atoms with van der Waals surface area (Å²) in [7, 11) is 0. The molecule has 19 heavy (non-hydrogen) atoms. The first kappa shape index (κ1) is 16.4. The van der Waals surface area contributed by atoms with Crippen LogP contribution in [-0.4, -0.2) is 50.1 Å². The zero-order valence-electron chi connectivity index (χ0n) is 12.5. The number of rotatable bonds is 9. The van der Waals surface area contributed by atoms with Gasteiger partial charge in [-0.1, -0.05) is 0 Å². The Morgan fingerprint density at radius 1 is 1.32 bits per heavy atom. The van der Waals surface area contributed by atoms with Gasteiger partial charge in [-0.3, -0.25) is 10.1 Å². The summed E-state index contributed by atoms with van der Waals surface area (Å²) in [6.45, 7) is 9.57. The molecule has 0 aromatic heterocycles. The lowest BCUT2D eigenvalue weighted by Crippen LogP contribution is -2.43. The molecule has 0 amide bonds. The molecule has 1 rings (SSSR count). The van der Waals surface area contributed by atoms with Crippen molar-refractivity contribution in [3.05, 3.63) is 0 Å². The third-order valence-corrected chi connectivity index (χ3v) is 2.63. The van der Waals surface area contributed by atoms with Gasteiger partial charge in [0.1, 0.15) is 6.04 Å². The lowest BCUT2D eigenvalue weighted by atomic mass is 10.2. The van der Waals surface area contributed by atoms with Crippen LogP contribution in [0.25, 0.3) is 0 Å². The molecule has 112 valence electrons. The molecular weight excluding hydrogens is 246 g/mol. The van der Waals surface area contributed by atoms with E-state index in [1.54, 1.807) is 0 Å². The average Bonchev–Trinajstić information content (AvgIpc) is 3.09. The van der Waals surface area contributed by atoms with E-state index in [-0.39, 0.29) is 17.6 Å². The first-order valence-corrected chi connectivity index (χ1v) is 7.06. The van der Waals surface area contributed by atoms with Crippen LogP contribution < -0.4 is 5.32 Å². The maximum absolute atomic E-state index is 11.7. The van der Waals surface area contributed by atoms with Gasteiger partial charge in [0.2, 0.25) is 0 Å². The zero-order valence-corrected chi connectivity index (χ0v) is 12.5. The van der Waals surface area contributed by atoms with E-state index < -0.39 is 0 Å². The highest BCUT2D eigenvalue weighted by atomic mass is 16.5. The van der Waals surface area contributed by atoms with Gasteiger partial charge in [0.25, 0.3) is 0 Å². The van der Waals surface area contributed by atoms with Gasteiger partial charge in [-0.25, -0.2) is 0 Å². The van der Waals surface area contributed by atoms with Crippen molar-refractivity contribution in [1.82, 2.24) is 5.32 Å². The van der Waals surface area contributed by atoms with Crippen LogP contribution in [0.2, 0.25) is 0 Å². The SMILES string of the molecule is CCOC(=O)C(COCCOC(C)(C)C)NC1CC1. The molecule has 0 aromatic rings. The highest BCUT2D eigenvalue weighted by molar-refractivity contribution is 5.76. The molecule has 0 spiro atoms. The number of esters is 1. The second kappa shape index (κ2) is 7.82. The molecule has 1 fully saturated rings. The van der Waals surface area contributed by atoms with Gasteiger partial charge in [0.05, 0.1) is 32.0 Å². The van der Waals surface area contributed by atoms with Gasteiger partial charge in [0, 0.05) is 6.04 Å². The third kappa shape index (κ3) is 8.18. The minimum absolute atomic E-state index is 0.157. The zero-order chi connectivity index (χ0) is 14.3. The third-order valence-electron chi connectivity index (χ3n) is 2.63. The fraction of sp³-hybridized carbons (Fsp3) is 0.929. The lowest BCUT2D eigenvalue weighted by molar-refractivity contribution is -0.147. The molecular formula is C14H27NO4. The number of ether oxygens (including phenoxy) is 3. The van der Waals surface area contributed by atoms with Crippen LogP contribution in [0.15, 0.2) is 0 Å². The number of hydrogen-bond acceptors (Lipinski definition) is 5. The van der Waals surface area contributed by atoms with E-state index in [0.717, 1.165) is 12.8 Å². The van der Waals surface area contributed by atoms with Crippen molar-refractivity contribution in [2.45, 2.75) is 58.2 Å². The number of hydrogen-bond donors (Lipinski definition) is 1. The number of carbonyl (C=O) groups excluding carboxylic acids is 1. The van der Waals surface area contributed by atoms with Crippen molar-refractivity contribution in [3.63, 3.8) is 0 Å². The standard InChI is InChI=1S/C14H27NO4/c1-5-18-13(16)12(15-11-6-7-11)10-17-8-9-19-14(2,3)4/h11-12,15H,5-10H2,1-4H3. The summed E-state index contributed by atoms with van der Waals surface area (Å²) >= 11 is 0. The summed E-state index contributed by atoms with van der Waals surface area (Å²) in [5, 5.41) is 3.24. The molecule has 1 unspecified atom stereocenters. The van der Waals surface area contributed by atoms with E-state index >= 15 is 0 Å². The van der Waals surface area contributed by atoms with E-state index in [1.807, 2.05) is 27.7 Å². The van der Waals surface area contributed by atoms with Gasteiger partial charge in [-0.2, -0.15) is 0 Å². The summed E-state index contributed by atoms with van der Waals surface area (Å²) in [5.41, 5.74) is -0.157. The molecule has 1 saturated carbocycles. The molecule has 0 heterocycles. The van der Waals surface area contributed by atoms with Gasteiger partial charge < -0.3 is 14.2 Å². The molecule has 0 aromatic carbocycles. The van der Waals surface area contributed by atoms with E-state index in [9.17, 15) is 4.79 Å². The Balaban J connectivity index is 2.18. The van der Waals surface area contributed by atoms with Crippen molar-refractivity contribution in [1.29, 1.82) is 0 Å². The Morgan fingerprint density at radius 2 is 2.00 bits per heavy atom. The molecule has 1 atom stereocenters. The summed E-state index contributed by atoms with van der Waals surface area (Å²) in [6.07, 6.45) is 2.26. The fourth-order valence-electron chi connectivity index (χ4n) is 1.57. The van der Waals surface area contributed by atoms with Crippen LogP contribution >= 0.6 is 0 Å². The van der Waals surface area contributed by atoms with E-state index in [4.69, 9.17) is 14.2 Å². The predicted octanol–water partition coefficient (Wildman–Crippen LogP) is 1.50. The molecule has 1 N–H and O–H groups in total. The minimum atomic E-state index is -0.359. The van der Waals surface area contributed by atoms with E-state index in [2.05, 4.69) is 5.32 Å². The molecule has 0 radical (unpaired) electrons. The quantitative estimate of drug-likeness (QED) is 0.509. The van der Waals surface area contributed by atoms with Crippen LogP contribution in [0.3, 0.4) is 0 Å². The van der Waals surface area contributed by atoms with Crippen molar-refractivity contribution < 1.29 is 19.0 Å². The molecule has 0 bridgehead atoms. The van der Waals surface area contributed by atoms with Crippen molar-refractivity contribution in [2.75, 3.05) is 26.4 Å². The normalized spacial score (nSPS) is 17.3. The Kier molecular flexibility index (Phi) is 6.75. The molecule has 1 aliphatic carbocycles. The number of nitrogens with one attached hydrogen (secondary N) is 1. The minimum Gasteiger partial charge on any atom is -0.465 e. The Morgan fingerprint density at radius 3 is 2.53 bits per heavy atom. The van der Waals surface area contributed by atoms with Crippen molar-refractivity contribution in [3.8, 4) is 0 Å². The van der Waals surface area contributed by atoms with E-state index in [0.29, 0.717) is 32.5 Å².